The Morgan fingerprint density at radius 3 is 2.76 bits per heavy atom. The van der Waals surface area contributed by atoms with Crippen LogP contribution >= 0.6 is 11.6 Å². The van der Waals surface area contributed by atoms with Gasteiger partial charge in [-0.2, -0.15) is 0 Å². The smallest absolute Gasteiger partial charge is 0.0480 e. The maximum absolute atomic E-state index is 6.28. The van der Waals surface area contributed by atoms with Gasteiger partial charge in [0, 0.05) is 24.7 Å². The third kappa shape index (κ3) is 5.07. The van der Waals surface area contributed by atoms with Crippen LogP contribution in [0.2, 0.25) is 5.02 Å². The summed E-state index contributed by atoms with van der Waals surface area (Å²) in [5, 5.41) is 4.31. The summed E-state index contributed by atoms with van der Waals surface area (Å²) in [7, 11) is 2.13. The lowest BCUT2D eigenvalue weighted by atomic mass is 10.1. The zero-order chi connectivity index (χ0) is 12.7. The van der Waals surface area contributed by atoms with Gasteiger partial charge in [-0.3, -0.25) is 0 Å². The fourth-order valence-corrected chi connectivity index (χ4v) is 1.96. The van der Waals surface area contributed by atoms with Crippen LogP contribution in [0.15, 0.2) is 18.2 Å². The van der Waals surface area contributed by atoms with Gasteiger partial charge >= 0.3 is 0 Å². The van der Waals surface area contributed by atoms with Gasteiger partial charge in [-0.25, -0.2) is 0 Å². The Kier molecular flexibility index (Phi) is 6.56. The van der Waals surface area contributed by atoms with Crippen molar-refractivity contribution in [2.24, 2.45) is 0 Å². The minimum Gasteiger partial charge on any atom is -0.315 e. The van der Waals surface area contributed by atoms with Crippen molar-refractivity contribution in [3.63, 3.8) is 0 Å². The van der Waals surface area contributed by atoms with Gasteiger partial charge in [0.15, 0.2) is 0 Å². The average Bonchev–Trinajstić information content (AvgIpc) is 2.31. The molecule has 0 amide bonds. The second kappa shape index (κ2) is 7.70. The lowest BCUT2D eigenvalue weighted by Gasteiger charge is -2.18. The third-order valence-corrected chi connectivity index (χ3v) is 3.35. The number of nitrogens with one attached hydrogen (secondary N) is 1. The zero-order valence-corrected chi connectivity index (χ0v) is 11.8. The first kappa shape index (κ1) is 14.5. The van der Waals surface area contributed by atoms with Crippen LogP contribution in [0.5, 0.6) is 0 Å². The number of aryl methyl sites for hydroxylation is 1. The van der Waals surface area contributed by atoms with E-state index in [2.05, 4.69) is 49.3 Å². The number of hydrogen-bond acceptors (Lipinski definition) is 2. The van der Waals surface area contributed by atoms with Crippen molar-refractivity contribution in [2.45, 2.75) is 26.8 Å². The molecule has 0 fully saturated rings. The average molecular weight is 255 g/mol. The number of rotatable bonds is 7. The molecule has 0 aromatic heterocycles. The van der Waals surface area contributed by atoms with E-state index in [1.165, 1.54) is 12.0 Å². The molecule has 0 unspecified atom stereocenters. The Morgan fingerprint density at radius 1 is 1.29 bits per heavy atom. The topological polar surface area (TPSA) is 15.3 Å². The fraction of sp³-hybridized carbons (Fsp3) is 0.571. The Hall–Kier alpha value is -0.570. The van der Waals surface area contributed by atoms with Crippen molar-refractivity contribution in [3.05, 3.63) is 34.3 Å². The molecule has 0 saturated heterocycles. The summed E-state index contributed by atoms with van der Waals surface area (Å²) in [4.78, 5) is 2.29. The summed E-state index contributed by atoms with van der Waals surface area (Å²) in [5.74, 6) is 0. The van der Waals surface area contributed by atoms with Gasteiger partial charge in [0.2, 0.25) is 0 Å². The molecule has 0 aliphatic carbocycles. The van der Waals surface area contributed by atoms with Crippen LogP contribution in [-0.2, 0) is 6.54 Å². The summed E-state index contributed by atoms with van der Waals surface area (Å²) in [6.07, 6.45) is 1.19. The van der Waals surface area contributed by atoms with E-state index >= 15 is 0 Å². The van der Waals surface area contributed by atoms with Crippen molar-refractivity contribution < 1.29 is 0 Å². The SMILES string of the molecule is CCCNCCN(C)Cc1cccc(C)c1Cl. The molecule has 1 N–H and O–H groups in total. The molecule has 0 aliphatic rings. The second-order valence-electron chi connectivity index (χ2n) is 4.54. The molecule has 0 atom stereocenters. The second-order valence-corrected chi connectivity index (χ2v) is 4.91. The molecule has 0 radical (unpaired) electrons. The normalized spacial score (nSPS) is 11.1. The summed E-state index contributed by atoms with van der Waals surface area (Å²) >= 11 is 6.28. The lowest BCUT2D eigenvalue weighted by Crippen LogP contribution is -2.29. The molecule has 0 spiro atoms. The monoisotopic (exact) mass is 254 g/mol. The van der Waals surface area contributed by atoms with Crippen LogP contribution in [0.4, 0.5) is 0 Å². The zero-order valence-electron chi connectivity index (χ0n) is 11.1. The lowest BCUT2D eigenvalue weighted by molar-refractivity contribution is 0.324. The summed E-state index contributed by atoms with van der Waals surface area (Å²) in [6.45, 7) is 8.32. The van der Waals surface area contributed by atoms with Gasteiger partial charge in [0.05, 0.1) is 0 Å². The first-order chi connectivity index (χ1) is 8.15. The van der Waals surface area contributed by atoms with Gasteiger partial charge in [-0.1, -0.05) is 36.7 Å². The number of benzene rings is 1. The minimum absolute atomic E-state index is 0.904. The van der Waals surface area contributed by atoms with E-state index in [1.807, 2.05) is 0 Å². The van der Waals surface area contributed by atoms with Crippen LogP contribution in [0.25, 0.3) is 0 Å². The van der Waals surface area contributed by atoms with Gasteiger partial charge in [0.25, 0.3) is 0 Å². The standard InChI is InChI=1S/C14H23ClN2/c1-4-8-16-9-10-17(3)11-13-7-5-6-12(2)14(13)15/h5-7,16H,4,8-11H2,1-3H3. The van der Waals surface area contributed by atoms with Crippen LogP contribution < -0.4 is 5.32 Å². The Morgan fingerprint density at radius 2 is 2.06 bits per heavy atom. The maximum atomic E-state index is 6.28. The van der Waals surface area contributed by atoms with Gasteiger partial charge in [0.1, 0.15) is 0 Å². The van der Waals surface area contributed by atoms with E-state index in [9.17, 15) is 0 Å². The molecule has 0 heterocycles. The molecule has 17 heavy (non-hydrogen) atoms. The molecule has 0 aliphatic heterocycles. The van der Waals surface area contributed by atoms with E-state index in [4.69, 9.17) is 11.6 Å². The predicted molar refractivity (Wildman–Crippen MR) is 75.7 cm³/mol. The summed E-state index contributed by atoms with van der Waals surface area (Å²) in [6, 6.07) is 6.22. The van der Waals surface area contributed by atoms with Gasteiger partial charge in [-0.15, -0.1) is 0 Å². The van der Waals surface area contributed by atoms with Crippen molar-refractivity contribution in [2.75, 3.05) is 26.7 Å². The molecule has 1 aromatic carbocycles. The fourth-order valence-electron chi connectivity index (χ4n) is 1.77. The van der Waals surface area contributed by atoms with Crippen molar-refractivity contribution in [1.82, 2.24) is 10.2 Å². The van der Waals surface area contributed by atoms with Crippen LogP contribution in [-0.4, -0.2) is 31.6 Å². The molecular formula is C14H23ClN2. The van der Waals surface area contributed by atoms with E-state index < -0.39 is 0 Å². The number of nitrogens with zero attached hydrogens (tertiary/aromatic N) is 1. The van der Waals surface area contributed by atoms with Gasteiger partial charge in [-0.05, 0) is 38.1 Å². The largest absolute Gasteiger partial charge is 0.315 e. The molecule has 1 aromatic rings. The predicted octanol–water partition coefficient (Wildman–Crippen LogP) is 3.08. The Balaban J connectivity index is 2.39. The molecule has 0 bridgehead atoms. The van der Waals surface area contributed by atoms with E-state index in [0.717, 1.165) is 36.8 Å². The first-order valence-corrected chi connectivity index (χ1v) is 6.66. The summed E-state index contributed by atoms with van der Waals surface area (Å²) < 4.78 is 0. The summed E-state index contributed by atoms with van der Waals surface area (Å²) in [5.41, 5.74) is 2.37. The molecular weight excluding hydrogens is 232 g/mol. The third-order valence-electron chi connectivity index (χ3n) is 2.81. The molecule has 0 saturated carbocycles. The highest BCUT2D eigenvalue weighted by Crippen LogP contribution is 2.21. The first-order valence-electron chi connectivity index (χ1n) is 6.28. The highest BCUT2D eigenvalue weighted by atomic mass is 35.5. The number of halogens is 1. The van der Waals surface area contributed by atoms with Crippen molar-refractivity contribution in [1.29, 1.82) is 0 Å². The highest BCUT2D eigenvalue weighted by molar-refractivity contribution is 6.32. The van der Waals surface area contributed by atoms with Crippen LogP contribution in [0.3, 0.4) is 0 Å². The minimum atomic E-state index is 0.904. The van der Waals surface area contributed by atoms with Crippen LogP contribution in [0, 0.1) is 6.92 Å². The van der Waals surface area contributed by atoms with Crippen LogP contribution in [0.1, 0.15) is 24.5 Å². The molecule has 1 rings (SSSR count). The maximum Gasteiger partial charge on any atom is 0.0480 e. The van der Waals surface area contributed by atoms with Crippen molar-refractivity contribution >= 4 is 11.6 Å². The molecule has 3 heteroatoms. The van der Waals surface area contributed by atoms with E-state index in [0.29, 0.717) is 0 Å². The molecule has 96 valence electrons. The molecule has 2 nitrogen and oxygen atoms in total. The highest BCUT2D eigenvalue weighted by Gasteiger charge is 2.05. The van der Waals surface area contributed by atoms with Gasteiger partial charge < -0.3 is 10.2 Å². The quantitative estimate of drug-likeness (QED) is 0.753. The van der Waals surface area contributed by atoms with E-state index in [-0.39, 0.29) is 0 Å². The van der Waals surface area contributed by atoms with Crippen molar-refractivity contribution in [3.8, 4) is 0 Å². The Bertz CT molecular complexity index is 339. The number of likely N-dealkylation sites (N-methyl/N-ethyl adjacent to an activating group) is 1. The number of hydrogen-bond donors (Lipinski definition) is 1. The van der Waals surface area contributed by atoms with E-state index in [1.54, 1.807) is 0 Å². The Labute approximate surface area is 110 Å².